The van der Waals surface area contributed by atoms with Gasteiger partial charge >= 0.3 is 0 Å². The molecule has 19 heavy (non-hydrogen) atoms. The number of nitrogens with zero attached hydrogens (tertiary/aromatic N) is 1. The summed E-state index contributed by atoms with van der Waals surface area (Å²) in [4.78, 5) is 15.8. The van der Waals surface area contributed by atoms with Crippen molar-refractivity contribution in [3.05, 3.63) is 42.3 Å². The smallest absolute Gasteiger partial charge is 0.226 e. The largest absolute Gasteiger partial charge is 0.444 e. The number of benzene rings is 1. The molecule has 0 spiro atoms. The van der Waals surface area contributed by atoms with E-state index in [1.807, 2.05) is 30.3 Å². The molecule has 3 N–H and O–H groups in total. The molecule has 0 aliphatic rings. The van der Waals surface area contributed by atoms with E-state index in [0.717, 1.165) is 5.56 Å². The Balaban J connectivity index is 1.93. The summed E-state index contributed by atoms with van der Waals surface area (Å²) >= 11 is 0. The molecule has 1 aromatic carbocycles. The number of hydrogen-bond acceptors (Lipinski definition) is 4. The van der Waals surface area contributed by atoms with Crippen molar-refractivity contribution < 1.29 is 9.21 Å². The fourth-order valence-corrected chi connectivity index (χ4v) is 1.66. The van der Waals surface area contributed by atoms with Gasteiger partial charge in [-0.2, -0.15) is 0 Å². The summed E-state index contributed by atoms with van der Waals surface area (Å²) in [6.07, 6.45) is 1.86. The highest BCUT2D eigenvalue weighted by Crippen LogP contribution is 2.17. The van der Waals surface area contributed by atoms with E-state index in [4.69, 9.17) is 10.2 Å². The Bertz CT molecular complexity index is 535. The average molecular weight is 259 g/mol. The Morgan fingerprint density at radius 1 is 1.42 bits per heavy atom. The molecule has 2 rings (SSSR count). The van der Waals surface area contributed by atoms with E-state index in [1.54, 1.807) is 13.2 Å². The maximum atomic E-state index is 11.5. The first-order valence-electron chi connectivity index (χ1n) is 6.17. The standard InChI is InChI=1S/C14H17N3O2/c1-10(15)7-13(18)16-8-12-9-19-14(17-12)11-5-3-2-4-6-11/h2-6,9-10H,7-8,15H2,1H3,(H,16,18). The summed E-state index contributed by atoms with van der Waals surface area (Å²) in [6.45, 7) is 2.14. The second-order valence-electron chi connectivity index (χ2n) is 4.47. The predicted molar refractivity (Wildman–Crippen MR) is 72.1 cm³/mol. The third-order valence-electron chi connectivity index (χ3n) is 2.55. The van der Waals surface area contributed by atoms with Gasteiger partial charge in [-0.25, -0.2) is 4.98 Å². The summed E-state index contributed by atoms with van der Waals surface area (Å²) in [5.41, 5.74) is 7.15. The molecule has 0 radical (unpaired) electrons. The van der Waals surface area contributed by atoms with Crippen LogP contribution < -0.4 is 11.1 Å². The van der Waals surface area contributed by atoms with E-state index in [9.17, 15) is 4.79 Å². The molecule has 0 saturated carbocycles. The molecule has 5 nitrogen and oxygen atoms in total. The van der Waals surface area contributed by atoms with Crippen molar-refractivity contribution in [3.63, 3.8) is 0 Å². The van der Waals surface area contributed by atoms with Gasteiger partial charge in [0.15, 0.2) is 0 Å². The van der Waals surface area contributed by atoms with Crippen LogP contribution in [0, 0.1) is 0 Å². The summed E-state index contributed by atoms with van der Waals surface area (Å²) < 4.78 is 5.38. The van der Waals surface area contributed by atoms with Gasteiger partial charge in [-0.05, 0) is 19.1 Å². The third-order valence-corrected chi connectivity index (χ3v) is 2.55. The molecule has 2 aromatic rings. The summed E-state index contributed by atoms with van der Waals surface area (Å²) in [5, 5.41) is 2.75. The van der Waals surface area contributed by atoms with Gasteiger partial charge in [-0.15, -0.1) is 0 Å². The first-order valence-corrected chi connectivity index (χ1v) is 6.17. The van der Waals surface area contributed by atoms with Crippen molar-refractivity contribution in [2.75, 3.05) is 0 Å². The molecule has 0 aliphatic heterocycles. The molecule has 0 fully saturated rings. The van der Waals surface area contributed by atoms with E-state index in [2.05, 4.69) is 10.3 Å². The van der Waals surface area contributed by atoms with Crippen LogP contribution in [0.4, 0.5) is 0 Å². The van der Waals surface area contributed by atoms with Crippen LogP contribution in [0.1, 0.15) is 19.0 Å². The molecule has 1 amide bonds. The fraction of sp³-hybridized carbons (Fsp3) is 0.286. The van der Waals surface area contributed by atoms with Gasteiger partial charge in [-0.1, -0.05) is 18.2 Å². The van der Waals surface area contributed by atoms with Gasteiger partial charge in [0.1, 0.15) is 6.26 Å². The van der Waals surface area contributed by atoms with E-state index in [-0.39, 0.29) is 11.9 Å². The zero-order chi connectivity index (χ0) is 13.7. The number of carbonyl (C=O) groups excluding carboxylic acids is 1. The lowest BCUT2D eigenvalue weighted by Crippen LogP contribution is -2.29. The van der Waals surface area contributed by atoms with Crippen molar-refractivity contribution in [2.45, 2.75) is 25.9 Å². The van der Waals surface area contributed by atoms with Crippen molar-refractivity contribution in [3.8, 4) is 11.5 Å². The number of oxazole rings is 1. The molecular formula is C14H17N3O2. The maximum Gasteiger partial charge on any atom is 0.226 e. The highest BCUT2D eigenvalue weighted by Gasteiger charge is 2.08. The first-order chi connectivity index (χ1) is 9.15. The SMILES string of the molecule is CC(N)CC(=O)NCc1coc(-c2ccccc2)n1. The molecule has 0 saturated heterocycles. The van der Waals surface area contributed by atoms with Gasteiger partial charge in [0.25, 0.3) is 0 Å². The number of amides is 1. The summed E-state index contributed by atoms with van der Waals surface area (Å²) in [6, 6.07) is 9.47. The van der Waals surface area contributed by atoms with Gasteiger partial charge in [-0.3, -0.25) is 4.79 Å². The monoisotopic (exact) mass is 259 g/mol. The van der Waals surface area contributed by atoms with Crippen molar-refractivity contribution in [1.82, 2.24) is 10.3 Å². The molecule has 1 atom stereocenters. The van der Waals surface area contributed by atoms with Gasteiger partial charge in [0.2, 0.25) is 11.8 Å². The minimum absolute atomic E-state index is 0.0840. The number of aromatic nitrogens is 1. The highest BCUT2D eigenvalue weighted by molar-refractivity contribution is 5.76. The van der Waals surface area contributed by atoms with Crippen LogP contribution in [-0.4, -0.2) is 16.9 Å². The number of hydrogen-bond donors (Lipinski definition) is 2. The maximum absolute atomic E-state index is 11.5. The Morgan fingerprint density at radius 3 is 2.84 bits per heavy atom. The number of carbonyl (C=O) groups is 1. The topological polar surface area (TPSA) is 81.2 Å². The summed E-state index contributed by atoms with van der Waals surface area (Å²) in [5.74, 6) is 0.469. The lowest BCUT2D eigenvalue weighted by atomic mass is 10.2. The van der Waals surface area contributed by atoms with E-state index < -0.39 is 0 Å². The fourth-order valence-electron chi connectivity index (χ4n) is 1.66. The number of rotatable bonds is 5. The average Bonchev–Trinajstić information content (AvgIpc) is 2.85. The molecular weight excluding hydrogens is 242 g/mol. The number of nitrogens with one attached hydrogen (secondary N) is 1. The molecule has 0 aliphatic carbocycles. The van der Waals surface area contributed by atoms with Crippen molar-refractivity contribution >= 4 is 5.91 Å². The van der Waals surface area contributed by atoms with Crippen molar-refractivity contribution in [1.29, 1.82) is 0 Å². The van der Waals surface area contributed by atoms with Crippen molar-refractivity contribution in [2.24, 2.45) is 5.73 Å². The zero-order valence-corrected chi connectivity index (χ0v) is 10.8. The molecule has 1 unspecified atom stereocenters. The van der Waals surface area contributed by atoms with Gasteiger partial charge in [0, 0.05) is 18.0 Å². The van der Waals surface area contributed by atoms with E-state index >= 15 is 0 Å². The molecule has 100 valence electrons. The molecule has 0 bridgehead atoms. The normalized spacial score (nSPS) is 12.1. The second-order valence-corrected chi connectivity index (χ2v) is 4.47. The molecule has 1 aromatic heterocycles. The van der Waals surface area contributed by atoms with Crippen LogP contribution in [0.15, 0.2) is 41.0 Å². The Hall–Kier alpha value is -2.14. The minimum atomic E-state index is -0.141. The minimum Gasteiger partial charge on any atom is -0.444 e. The van der Waals surface area contributed by atoms with Crippen LogP contribution in [0.5, 0.6) is 0 Å². The van der Waals surface area contributed by atoms with Gasteiger partial charge in [0.05, 0.1) is 12.2 Å². The Kier molecular flexibility index (Phi) is 4.30. The summed E-state index contributed by atoms with van der Waals surface area (Å²) in [7, 11) is 0. The van der Waals surface area contributed by atoms with Crippen LogP contribution in [0.2, 0.25) is 0 Å². The Labute approximate surface area is 111 Å². The van der Waals surface area contributed by atoms with Crippen LogP contribution >= 0.6 is 0 Å². The van der Waals surface area contributed by atoms with Crippen LogP contribution in [-0.2, 0) is 11.3 Å². The first kappa shape index (κ1) is 13.3. The van der Waals surface area contributed by atoms with E-state index in [0.29, 0.717) is 24.6 Å². The Morgan fingerprint density at radius 2 is 2.16 bits per heavy atom. The lowest BCUT2D eigenvalue weighted by Gasteiger charge is -2.04. The van der Waals surface area contributed by atoms with Crippen LogP contribution in [0.25, 0.3) is 11.5 Å². The highest BCUT2D eigenvalue weighted by atomic mass is 16.3. The quantitative estimate of drug-likeness (QED) is 0.856. The third kappa shape index (κ3) is 3.93. The molecule has 1 heterocycles. The number of nitrogens with two attached hydrogens (primary N) is 1. The van der Waals surface area contributed by atoms with E-state index in [1.165, 1.54) is 0 Å². The van der Waals surface area contributed by atoms with Crippen LogP contribution in [0.3, 0.4) is 0 Å². The second kappa shape index (κ2) is 6.15. The lowest BCUT2D eigenvalue weighted by molar-refractivity contribution is -0.121. The molecule has 5 heteroatoms. The zero-order valence-electron chi connectivity index (χ0n) is 10.8. The van der Waals surface area contributed by atoms with Gasteiger partial charge < -0.3 is 15.5 Å². The predicted octanol–water partition coefficient (Wildman–Crippen LogP) is 1.70.